The largest absolute Gasteiger partial charge is 0.492 e. The zero-order valence-corrected chi connectivity index (χ0v) is 12.1. The molecule has 2 atom stereocenters. The number of hydrogen-bond donors (Lipinski definition) is 1. The molecule has 0 fully saturated rings. The topological polar surface area (TPSA) is 38.3 Å². The molecule has 18 heavy (non-hydrogen) atoms. The molecule has 0 bridgehead atoms. The van der Waals surface area contributed by atoms with Crippen molar-refractivity contribution in [1.82, 2.24) is 5.32 Å². The molecule has 0 spiro atoms. The van der Waals surface area contributed by atoms with E-state index in [0.717, 1.165) is 29.5 Å². The third kappa shape index (κ3) is 3.05. The van der Waals surface area contributed by atoms with Gasteiger partial charge in [-0.1, -0.05) is 41.1 Å². The average Bonchev–Trinajstić information content (AvgIpc) is 2.44. The summed E-state index contributed by atoms with van der Waals surface area (Å²) in [7, 11) is 0. The standard InChI is InChI=1S/C14H18BrNO2/c1-2-12(8-15)16-14(17)11-7-10-5-3-4-6-13(10)18-9-11/h3-6,11-12H,2,7-9H2,1H3,(H,16,17). The number of halogens is 1. The molecule has 1 aliphatic heterocycles. The third-order valence-corrected chi connectivity index (χ3v) is 4.06. The van der Waals surface area contributed by atoms with Crippen LogP contribution in [0.2, 0.25) is 0 Å². The zero-order chi connectivity index (χ0) is 13.0. The molecule has 2 unspecified atom stereocenters. The smallest absolute Gasteiger partial charge is 0.227 e. The summed E-state index contributed by atoms with van der Waals surface area (Å²) in [6.07, 6.45) is 1.70. The number of hydrogen-bond acceptors (Lipinski definition) is 2. The van der Waals surface area contributed by atoms with Crippen LogP contribution >= 0.6 is 15.9 Å². The maximum Gasteiger partial charge on any atom is 0.227 e. The lowest BCUT2D eigenvalue weighted by molar-refractivity contribution is -0.126. The van der Waals surface area contributed by atoms with Gasteiger partial charge in [0.25, 0.3) is 0 Å². The van der Waals surface area contributed by atoms with Crippen molar-refractivity contribution in [2.75, 3.05) is 11.9 Å². The van der Waals surface area contributed by atoms with Crippen LogP contribution in [0.15, 0.2) is 24.3 Å². The van der Waals surface area contributed by atoms with Gasteiger partial charge in [0.15, 0.2) is 0 Å². The molecule has 1 aromatic rings. The number of nitrogens with one attached hydrogen (secondary N) is 1. The highest BCUT2D eigenvalue weighted by molar-refractivity contribution is 9.09. The van der Waals surface area contributed by atoms with E-state index in [1.54, 1.807) is 0 Å². The molecule has 0 aliphatic carbocycles. The third-order valence-electron chi connectivity index (χ3n) is 3.28. The van der Waals surface area contributed by atoms with Crippen molar-refractivity contribution in [2.24, 2.45) is 5.92 Å². The molecule has 2 rings (SSSR count). The number of ether oxygens (including phenoxy) is 1. The molecule has 0 saturated carbocycles. The number of fused-ring (bicyclic) bond motifs is 1. The number of carbonyl (C=O) groups is 1. The van der Waals surface area contributed by atoms with Crippen LogP contribution in [0.25, 0.3) is 0 Å². The highest BCUT2D eigenvalue weighted by Crippen LogP contribution is 2.26. The first-order valence-corrected chi connectivity index (χ1v) is 7.43. The van der Waals surface area contributed by atoms with Gasteiger partial charge in [0, 0.05) is 11.4 Å². The van der Waals surface area contributed by atoms with Crippen molar-refractivity contribution in [2.45, 2.75) is 25.8 Å². The van der Waals surface area contributed by atoms with Crippen molar-refractivity contribution >= 4 is 21.8 Å². The van der Waals surface area contributed by atoms with Crippen LogP contribution in [-0.4, -0.2) is 23.9 Å². The Morgan fingerprint density at radius 1 is 1.56 bits per heavy atom. The first-order valence-electron chi connectivity index (χ1n) is 6.31. The van der Waals surface area contributed by atoms with Crippen LogP contribution < -0.4 is 10.1 Å². The van der Waals surface area contributed by atoms with Crippen LogP contribution in [0, 0.1) is 5.92 Å². The fourth-order valence-corrected chi connectivity index (χ4v) is 2.68. The van der Waals surface area contributed by atoms with Crippen molar-refractivity contribution in [1.29, 1.82) is 0 Å². The summed E-state index contributed by atoms with van der Waals surface area (Å²) in [6.45, 7) is 2.54. The maximum atomic E-state index is 12.1. The molecule has 1 heterocycles. The van der Waals surface area contributed by atoms with E-state index in [-0.39, 0.29) is 17.9 Å². The van der Waals surface area contributed by atoms with Crippen molar-refractivity contribution in [3.63, 3.8) is 0 Å². The van der Waals surface area contributed by atoms with E-state index < -0.39 is 0 Å². The van der Waals surface area contributed by atoms with Gasteiger partial charge in [-0.3, -0.25) is 4.79 Å². The molecular formula is C14H18BrNO2. The second-order valence-electron chi connectivity index (χ2n) is 4.59. The zero-order valence-electron chi connectivity index (χ0n) is 10.5. The van der Waals surface area contributed by atoms with Gasteiger partial charge in [0.2, 0.25) is 5.91 Å². The lowest BCUT2D eigenvalue weighted by Crippen LogP contribution is -2.43. The van der Waals surface area contributed by atoms with Crippen LogP contribution in [0.4, 0.5) is 0 Å². The highest BCUT2D eigenvalue weighted by atomic mass is 79.9. The number of rotatable bonds is 4. The molecule has 1 amide bonds. The van der Waals surface area contributed by atoms with E-state index >= 15 is 0 Å². The molecule has 1 aliphatic rings. The summed E-state index contributed by atoms with van der Waals surface area (Å²) in [5, 5.41) is 3.84. The van der Waals surface area contributed by atoms with Crippen LogP contribution in [0.3, 0.4) is 0 Å². The van der Waals surface area contributed by atoms with Gasteiger partial charge in [0.1, 0.15) is 12.4 Å². The second-order valence-corrected chi connectivity index (χ2v) is 5.24. The summed E-state index contributed by atoms with van der Waals surface area (Å²) in [5.74, 6) is 0.929. The number of alkyl halides is 1. The van der Waals surface area contributed by atoms with Gasteiger partial charge in [-0.15, -0.1) is 0 Å². The minimum absolute atomic E-state index is 0.0759. The monoisotopic (exact) mass is 311 g/mol. The molecule has 1 N–H and O–H groups in total. The Kier molecular flexibility index (Phi) is 4.64. The van der Waals surface area contributed by atoms with Crippen LogP contribution in [0.5, 0.6) is 5.75 Å². The Hall–Kier alpha value is -1.03. The molecule has 4 heteroatoms. The van der Waals surface area contributed by atoms with Gasteiger partial charge < -0.3 is 10.1 Å². The molecule has 98 valence electrons. The predicted molar refractivity (Wildman–Crippen MR) is 75.1 cm³/mol. The Morgan fingerprint density at radius 2 is 2.33 bits per heavy atom. The quantitative estimate of drug-likeness (QED) is 0.868. The highest BCUT2D eigenvalue weighted by Gasteiger charge is 2.26. The minimum Gasteiger partial charge on any atom is -0.492 e. The van der Waals surface area contributed by atoms with E-state index in [1.807, 2.05) is 24.3 Å². The summed E-state index contributed by atoms with van der Waals surface area (Å²) in [4.78, 5) is 12.1. The Morgan fingerprint density at radius 3 is 3.06 bits per heavy atom. The first kappa shape index (κ1) is 13.4. The molecule has 3 nitrogen and oxygen atoms in total. The molecular weight excluding hydrogens is 294 g/mol. The first-order chi connectivity index (χ1) is 8.74. The summed E-state index contributed by atoms with van der Waals surface area (Å²) in [5.41, 5.74) is 1.12. The molecule has 1 aromatic carbocycles. The summed E-state index contributed by atoms with van der Waals surface area (Å²) >= 11 is 3.41. The lowest BCUT2D eigenvalue weighted by Gasteiger charge is -2.26. The fraction of sp³-hybridized carbons (Fsp3) is 0.500. The van der Waals surface area contributed by atoms with Gasteiger partial charge in [-0.25, -0.2) is 0 Å². The lowest BCUT2D eigenvalue weighted by atomic mass is 9.96. The fourth-order valence-electron chi connectivity index (χ4n) is 2.07. The van der Waals surface area contributed by atoms with Gasteiger partial charge in [-0.2, -0.15) is 0 Å². The summed E-state index contributed by atoms with van der Waals surface area (Å²) < 4.78 is 5.63. The Labute approximate surface area is 116 Å². The molecule has 0 saturated heterocycles. The van der Waals surface area contributed by atoms with E-state index in [1.165, 1.54) is 0 Å². The van der Waals surface area contributed by atoms with E-state index in [2.05, 4.69) is 28.2 Å². The van der Waals surface area contributed by atoms with Crippen molar-refractivity contribution in [3.05, 3.63) is 29.8 Å². The van der Waals surface area contributed by atoms with Gasteiger partial charge >= 0.3 is 0 Å². The Bertz CT molecular complexity index is 418. The minimum atomic E-state index is -0.0759. The molecule has 0 radical (unpaired) electrons. The Balaban J connectivity index is 1.98. The van der Waals surface area contributed by atoms with Crippen LogP contribution in [0.1, 0.15) is 18.9 Å². The van der Waals surface area contributed by atoms with E-state index in [9.17, 15) is 4.79 Å². The van der Waals surface area contributed by atoms with Crippen LogP contribution in [-0.2, 0) is 11.2 Å². The van der Waals surface area contributed by atoms with E-state index in [0.29, 0.717) is 6.61 Å². The van der Waals surface area contributed by atoms with E-state index in [4.69, 9.17) is 4.74 Å². The van der Waals surface area contributed by atoms with Gasteiger partial charge in [0.05, 0.1) is 5.92 Å². The SMILES string of the molecule is CCC(CBr)NC(=O)C1COc2ccccc2C1. The second kappa shape index (κ2) is 6.23. The number of benzene rings is 1. The predicted octanol–water partition coefficient (Wildman–Crippen LogP) is 2.53. The summed E-state index contributed by atoms with van der Waals surface area (Å²) in [6, 6.07) is 8.12. The number of amides is 1. The normalized spacial score (nSPS) is 19.6. The number of para-hydroxylation sites is 1. The van der Waals surface area contributed by atoms with Crippen molar-refractivity contribution in [3.8, 4) is 5.75 Å². The van der Waals surface area contributed by atoms with Crippen molar-refractivity contribution < 1.29 is 9.53 Å². The average molecular weight is 312 g/mol. The van der Waals surface area contributed by atoms with Gasteiger partial charge in [-0.05, 0) is 24.5 Å². The number of carbonyl (C=O) groups excluding carboxylic acids is 1. The molecule has 0 aromatic heterocycles. The maximum absolute atomic E-state index is 12.1.